The van der Waals surface area contributed by atoms with Crippen LogP contribution in [0.3, 0.4) is 0 Å². The summed E-state index contributed by atoms with van der Waals surface area (Å²) in [5.41, 5.74) is 7.23. The molecular weight excluding hydrogens is 468 g/mol. The van der Waals surface area contributed by atoms with E-state index in [4.69, 9.17) is 10.5 Å². The highest BCUT2D eigenvalue weighted by Gasteiger charge is 2.30. The predicted octanol–water partition coefficient (Wildman–Crippen LogP) is 5.69. The number of anilines is 1. The van der Waals surface area contributed by atoms with Gasteiger partial charge in [-0.1, -0.05) is 35.6 Å². The molecule has 2 aromatic heterocycles. The number of hydrogen-bond donors (Lipinski definition) is 2. The summed E-state index contributed by atoms with van der Waals surface area (Å²) in [6, 6.07) is 11.6. The van der Waals surface area contributed by atoms with E-state index >= 15 is 0 Å². The number of rotatable bonds is 8. The van der Waals surface area contributed by atoms with E-state index in [2.05, 4.69) is 15.3 Å². The van der Waals surface area contributed by atoms with Crippen LogP contribution in [-0.4, -0.2) is 36.3 Å². The Bertz CT molecular complexity index is 1260. The number of pyridine rings is 1. The monoisotopic (exact) mass is 490 g/mol. The number of alkyl halides is 3. The molecule has 0 unspecified atom stereocenters. The number of nitrogens with two attached hydrogens (primary N) is 1. The Morgan fingerprint density at radius 1 is 1.03 bits per heavy atom. The van der Waals surface area contributed by atoms with Crippen molar-refractivity contribution in [2.75, 3.05) is 25.6 Å². The number of nitrogens with one attached hydrogen (secondary N) is 1. The van der Waals surface area contributed by atoms with Crippen LogP contribution in [0, 0.1) is 5.95 Å². The number of benzene rings is 2. The molecule has 0 aliphatic rings. The Kier molecular flexibility index (Phi) is 7.11. The molecule has 0 fully saturated rings. The molecular formula is C24H22F4N4OS. The molecule has 34 heavy (non-hydrogen) atoms. The molecule has 0 saturated heterocycles. The number of methoxy groups -OCH3 is 1. The Hall–Kier alpha value is -3.08. The zero-order valence-corrected chi connectivity index (χ0v) is 19.0. The summed E-state index contributed by atoms with van der Waals surface area (Å²) in [4.78, 5) is 8.94. The van der Waals surface area contributed by atoms with E-state index < -0.39 is 23.7 Å². The van der Waals surface area contributed by atoms with Crippen molar-refractivity contribution in [3.63, 3.8) is 0 Å². The second-order valence-corrected chi connectivity index (χ2v) is 8.86. The van der Waals surface area contributed by atoms with Gasteiger partial charge in [-0.05, 0) is 34.7 Å². The van der Waals surface area contributed by atoms with Crippen molar-refractivity contribution in [2.45, 2.75) is 18.1 Å². The van der Waals surface area contributed by atoms with Gasteiger partial charge in [0.15, 0.2) is 5.13 Å². The number of thiazole rings is 1. The first-order valence-corrected chi connectivity index (χ1v) is 11.2. The maximum Gasteiger partial charge on any atom is 0.416 e. The highest BCUT2D eigenvalue weighted by atomic mass is 32.1. The molecule has 0 bridgehead atoms. The summed E-state index contributed by atoms with van der Waals surface area (Å²) in [6.07, 6.45) is -1.18. The minimum atomic E-state index is -4.39. The fourth-order valence-corrected chi connectivity index (χ4v) is 4.49. The fourth-order valence-electron chi connectivity index (χ4n) is 3.67. The van der Waals surface area contributed by atoms with Crippen molar-refractivity contribution >= 4 is 27.2 Å². The summed E-state index contributed by atoms with van der Waals surface area (Å²) >= 11 is 1.42. The SMILES string of the molecule is COC[C@@H](c1ccc(C(F)(F)F)cc1)[C@H](N)CNc1ncc(-c2ccc3cnc(F)cc3c2)s1. The van der Waals surface area contributed by atoms with Gasteiger partial charge in [-0.15, -0.1) is 0 Å². The lowest BCUT2D eigenvalue weighted by Gasteiger charge is -2.24. The Labute approximate surface area is 197 Å². The van der Waals surface area contributed by atoms with Crippen molar-refractivity contribution in [3.8, 4) is 10.4 Å². The molecule has 0 radical (unpaired) electrons. The van der Waals surface area contributed by atoms with Gasteiger partial charge in [-0.25, -0.2) is 9.97 Å². The summed E-state index contributed by atoms with van der Waals surface area (Å²) in [5.74, 6) is -0.841. The Balaban J connectivity index is 1.44. The van der Waals surface area contributed by atoms with E-state index in [9.17, 15) is 17.6 Å². The molecule has 5 nitrogen and oxygen atoms in total. The maximum atomic E-state index is 13.5. The third-order valence-electron chi connectivity index (χ3n) is 5.50. The van der Waals surface area contributed by atoms with E-state index in [-0.39, 0.29) is 12.5 Å². The van der Waals surface area contributed by atoms with Crippen molar-refractivity contribution in [3.05, 3.63) is 78.0 Å². The van der Waals surface area contributed by atoms with Crippen LogP contribution in [0.25, 0.3) is 21.2 Å². The first kappa shape index (κ1) is 24.1. The largest absolute Gasteiger partial charge is 0.416 e. The zero-order valence-electron chi connectivity index (χ0n) is 18.1. The lowest BCUT2D eigenvalue weighted by molar-refractivity contribution is -0.137. The van der Waals surface area contributed by atoms with Gasteiger partial charge in [-0.2, -0.15) is 17.6 Å². The second-order valence-electron chi connectivity index (χ2n) is 7.82. The lowest BCUT2D eigenvalue weighted by atomic mass is 9.92. The topological polar surface area (TPSA) is 73.1 Å². The summed E-state index contributed by atoms with van der Waals surface area (Å²) in [6.45, 7) is 0.608. The molecule has 2 atom stereocenters. The van der Waals surface area contributed by atoms with Crippen molar-refractivity contribution in [1.29, 1.82) is 0 Å². The zero-order chi connectivity index (χ0) is 24.3. The van der Waals surface area contributed by atoms with Crippen LogP contribution >= 0.6 is 11.3 Å². The van der Waals surface area contributed by atoms with Gasteiger partial charge in [0.2, 0.25) is 5.95 Å². The van der Waals surface area contributed by atoms with Gasteiger partial charge in [0.25, 0.3) is 0 Å². The maximum absolute atomic E-state index is 13.5. The molecule has 0 aliphatic heterocycles. The summed E-state index contributed by atoms with van der Waals surface area (Å²) in [5, 5.41) is 5.43. The number of fused-ring (bicyclic) bond motifs is 1. The third kappa shape index (κ3) is 5.52. The number of aromatic nitrogens is 2. The molecule has 4 aromatic rings. The number of halogens is 4. The molecule has 2 heterocycles. The van der Waals surface area contributed by atoms with Gasteiger partial charge in [0.05, 0.1) is 17.0 Å². The Morgan fingerprint density at radius 2 is 1.79 bits per heavy atom. The molecule has 0 amide bonds. The van der Waals surface area contributed by atoms with Gasteiger partial charge in [0, 0.05) is 49.5 Å². The van der Waals surface area contributed by atoms with Gasteiger partial charge >= 0.3 is 6.18 Å². The molecule has 4 rings (SSSR count). The van der Waals surface area contributed by atoms with Crippen LogP contribution in [0.1, 0.15) is 17.0 Å². The number of nitrogens with zero attached hydrogens (tertiary/aromatic N) is 2. The lowest BCUT2D eigenvalue weighted by Crippen LogP contribution is -2.37. The van der Waals surface area contributed by atoms with Crippen molar-refractivity contribution in [1.82, 2.24) is 9.97 Å². The summed E-state index contributed by atoms with van der Waals surface area (Å²) in [7, 11) is 1.52. The van der Waals surface area contributed by atoms with Gasteiger partial charge < -0.3 is 15.8 Å². The van der Waals surface area contributed by atoms with Crippen LogP contribution in [0.2, 0.25) is 0 Å². The number of hydrogen-bond acceptors (Lipinski definition) is 6. The minimum absolute atomic E-state index is 0.264. The quantitative estimate of drug-likeness (QED) is 0.245. The average Bonchev–Trinajstić information content (AvgIpc) is 3.29. The molecule has 178 valence electrons. The van der Waals surface area contributed by atoms with Gasteiger partial charge in [-0.3, -0.25) is 0 Å². The smallest absolute Gasteiger partial charge is 0.384 e. The average molecular weight is 491 g/mol. The van der Waals surface area contributed by atoms with Crippen LogP contribution < -0.4 is 11.1 Å². The first-order chi connectivity index (χ1) is 16.2. The fraction of sp³-hybridized carbons (Fsp3) is 0.250. The molecule has 0 saturated carbocycles. The van der Waals surface area contributed by atoms with Crippen molar-refractivity contribution < 1.29 is 22.3 Å². The second kappa shape index (κ2) is 10.0. The van der Waals surface area contributed by atoms with Gasteiger partial charge in [0.1, 0.15) is 0 Å². The minimum Gasteiger partial charge on any atom is -0.384 e. The highest BCUT2D eigenvalue weighted by Crippen LogP contribution is 2.32. The third-order valence-corrected chi connectivity index (χ3v) is 6.50. The van der Waals surface area contributed by atoms with E-state index in [1.165, 1.54) is 42.8 Å². The standard InChI is InChI=1S/C24H22F4N4OS/c1-33-13-19(14-4-6-18(7-5-14)24(26,27)28)20(29)11-31-23-32-12-21(34-23)15-2-3-16-10-30-22(25)9-17(16)8-15/h2-10,12,19-20H,11,13,29H2,1H3,(H,31,32)/t19-,20+/m0/s1. The van der Waals surface area contributed by atoms with E-state index in [1.807, 2.05) is 18.2 Å². The molecule has 0 aliphatic carbocycles. The normalized spacial score (nSPS) is 13.7. The predicted molar refractivity (Wildman–Crippen MR) is 125 cm³/mol. The van der Waals surface area contributed by atoms with Crippen LogP contribution in [0.5, 0.6) is 0 Å². The van der Waals surface area contributed by atoms with Crippen molar-refractivity contribution in [2.24, 2.45) is 5.73 Å². The van der Waals surface area contributed by atoms with E-state index in [1.54, 1.807) is 6.20 Å². The van der Waals surface area contributed by atoms with E-state index in [0.717, 1.165) is 33.3 Å². The molecule has 0 spiro atoms. The van der Waals surface area contributed by atoms with Crippen LogP contribution in [0.15, 0.2) is 60.9 Å². The summed E-state index contributed by atoms with van der Waals surface area (Å²) < 4.78 is 57.3. The van der Waals surface area contributed by atoms with Crippen LogP contribution in [-0.2, 0) is 10.9 Å². The molecule has 2 aromatic carbocycles. The highest BCUT2D eigenvalue weighted by molar-refractivity contribution is 7.18. The first-order valence-electron chi connectivity index (χ1n) is 10.4. The van der Waals surface area contributed by atoms with E-state index in [0.29, 0.717) is 17.2 Å². The molecule has 3 N–H and O–H groups in total. The Morgan fingerprint density at radius 3 is 2.50 bits per heavy atom. The number of ether oxygens (including phenoxy) is 1. The van der Waals surface area contributed by atoms with Crippen LogP contribution in [0.4, 0.5) is 22.7 Å². The molecule has 10 heteroatoms.